The molecule has 190 valence electrons. The maximum atomic E-state index is 12.8. The Bertz CT molecular complexity index is 912. The number of fused-ring (bicyclic) bond motifs is 1. The van der Waals surface area contributed by atoms with Crippen molar-refractivity contribution in [3.8, 4) is 11.5 Å². The van der Waals surface area contributed by atoms with Gasteiger partial charge >= 0.3 is 0 Å². The Morgan fingerprint density at radius 1 is 1.09 bits per heavy atom. The Labute approximate surface area is 210 Å². The molecule has 0 N–H and O–H groups in total. The number of pyridine rings is 1. The third kappa shape index (κ3) is 7.44. The van der Waals surface area contributed by atoms with Crippen molar-refractivity contribution in [1.82, 2.24) is 14.8 Å². The second-order valence-electron chi connectivity index (χ2n) is 10.2. The summed E-state index contributed by atoms with van der Waals surface area (Å²) in [5, 5.41) is 0. The molecule has 0 bridgehead atoms. The van der Waals surface area contributed by atoms with Gasteiger partial charge < -0.3 is 14.4 Å². The summed E-state index contributed by atoms with van der Waals surface area (Å²) in [6.45, 7) is 7.88. The number of carbonyl (C=O) groups is 1. The molecule has 4 rings (SSSR count). The third-order valence-corrected chi connectivity index (χ3v) is 7.60. The van der Waals surface area contributed by atoms with Crippen LogP contribution >= 0.6 is 0 Å². The molecule has 0 aliphatic carbocycles. The topological polar surface area (TPSA) is 54.9 Å². The quantitative estimate of drug-likeness (QED) is 0.585. The highest BCUT2D eigenvalue weighted by Crippen LogP contribution is 2.38. The number of benzene rings is 1. The van der Waals surface area contributed by atoms with E-state index in [2.05, 4.69) is 41.1 Å². The minimum atomic E-state index is 0.0738. The number of nitrogens with zero attached hydrogens (tertiary/aromatic N) is 3. The maximum Gasteiger partial charge on any atom is 0.260 e. The highest BCUT2D eigenvalue weighted by molar-refractivity contribution is 5.77. The summed E-state index contributed by atoms with van der Waals surface area (Å²) in [5.41, 5.74) is 1.60. The fraction of sp³-hybridized carbons (Fsp3) is 0.586. The summed E-state index contributed by atoms with van der Waals surface area (Å²) < 4.78 is 11.9. The molecule has 1 aromatic heterocycles. The molecule has 0 radical (unpaired) electrons. The van der Waals surface area contributed by atoms with Gasteiger partial charge in [0.05, 0.1) is 6.20 Å². The van der Waals surface area contributed by atoms with E-state index in [1.165, 1.54) is 37.7 Å². The molecule has 0 unspecified atom stereocenters. The van der Waals surface area contributed by atoms with Gasteiger partial charge in [-0.2, -0.15) is 0 Å². The molecule has 6 nitrogen and oxygen atoms in total. The molecule has 3 heterocycles. The van der Waals surface area contributed by atoms with Crippen LogP contribution in [0.4, 0.5) is 0 Å². The smallest absolute Gasteiger partial charge is 0.260 e. The van der Waals surface area contributed by atoms with Crippen molar-refractivity contribution in [2.45, 2.75) is 58.3 Å². The summed E-state index contributed by atoms with van der Waals surface area (Å²) in [7, 11) is 0. The van der Waals surface area contributed by atoms with Gasteiger partial charge in [0, 0.05) is 32.4 Å². The van der Waals surface area contributed by atoms with Crippen LogP contribution in [0.25, 0.3) is 0 Å². The number of carbonyl (C=O) groups excluding carboxylic acids is 1. The van der Waals surface area contributed by atoms with Crippen LogP contribution in [0.3, 0.4) is 0 Å². The number of aromatic nitrogens is 1. The number of unbranched alkanes of at least 4 members (excludes halogenated alkanes) is 1. The molecular formula is C29H41N3O3. The van der Waals surface area contributed by atoms with Gasteiger partial charge in [0.2, 0.25) is 0 Å². The van der Waals surface area contributed by atoms with Gasteiger partial charge in [-0.05, 0) is 74.2 Å². The molecular weight excluding hydrogens is 438 g/mol. The van der Waals surface area contributed by atoms with Gasteiger partial charge in [0.1, 0.15) is 18.1 Å². The first kappa shape index (κ1) is 25.5. The lowest BCUT2D eigenvalue weighted by atomic mass is 9.73. The zero-order valence-corrected chi connectivity index (χ0v) is 21.3. The van der Waals surface area contributed by atoms with Crippen LogP contribution in [0.15, 0.2) is 48.8 Å². The Hall–Kier alpha value is -2.60. The molecule has 1 spiro atoms. The van der Waals surface area contributed by atoms with E-state index in [4.69, 9.17) is 9.47 Å². The van der Waals surface area contributed by atoms with Crippen molar-refractivity contribution in [3.63, 3.8) is 0 Å². The molecule has 1 fully saturated rings. The molecule has 1 saturated heterocycles. The van der Waals surface area contributed by atoms with Crippen molar-refractivity contribution in [2.24, 2.45) is 5.41 Å². The lowest BCUT2D eigenvalue weighted by Crippen LogP contribution is -2.49. The Morgan fingerprint density at radius 2 is 1.94 bits per heavy atom. The normalized spacial score (nSPS) is 19.2. The van der Waals surface area contributed by atoms with Crippen LogP contribution in [-0.4, -0.2) is 66.6 Å². The monoisotopic (exact) mass is 479 g/mol. The van der Waals surface area contributed by atoms with Crippen molar-refractivity contribution in [3.05, 3.63) is 54.4 Å². The molecule has 2 aromatic rings. The molecule has 2 aliphatic heterocycles. The summed E-state index contributed by atoms with van der Waals surface area (Å²) in [6, 6.07) is 12.2. The molecule has 2 aliphatic rings. The fourth-order valence-electron chi connectivity index (χ4n) is 5.46. The third-order valence-electron chi connectivity index (χ3n) is 7.60. The van der Waals surface area contributed by atoms with E-state index < -0.39 is 0 Å². The van der Waals surface area contributed by atoms with Gasteiger partial charge in [-0.15, -0.1) is 0 Å². The minimum absolute atomic E-state index is 0.0738. The summed E-state index contributed by atoms with van der Waals surface area (Å²) in [5.74, 6) is 1.77. The van der Waals surface area contributed by atoms with Crippen LogP contribution in [0, 0.1) is 5.41 Å². The summed E-state index contributed by atoms with van der Waals surface area (Å²) in [6.07, 6.45) is 12.6. The van der Waals surface area contributed by atoms with Crippen molar-refractivity contribution >= 4 is 5.91 Å². The SMILES string of the molecule is CCCCN1CCOc2ccccc2CCCCC2(CCN(C(=O)COc3cccnc3)CC2)C1. The molecule has 35 heavy (non-hydrogen) atoms. The van der Waals surface area contributed by atoms with Crippen LogP contribution in [-0.2, 0) is 11.2 Å². The zero-order valence-electron chi connectivity index (χ0n) is 21.3. The van der Waals surface area contributed by atoms with Gasteiger partial charge in [0.15, 0.2) is 6.61 Å². The van der Waals surface area contributed by atoms with Crippen molar-refractivity contribution < 1.29 is 14.3 Å². The first-order chi connectivity index (χ1) is 17.2. The van der Waals surface area contributed by atoms with Gasteiger partial charge in [-0.1, -0.05) is 38.0 Å². The van der Waals surface area contributed by atoms with Crippen LogP contribution in [0.2, 0.25) is 0 Å². The zero-order chi connectivity index (χ0) is 24.3. The lowest BCUT2D eigenvalue weighted by Gasteiger charge is -2.45. The van der Waals surface area contributed by atoms with E-state index in [0.29, 0.717) is 5.75 Å². The van der Waals surface area contributed by atoms with Crippen LogP contribution < -0.4 is 9.47 Å². The van der Waals surface area contributed by atoms with E-state index in [0.717, 1.165) is 64.3 Å². The standard InChI is InChI=1S/C29H41N3O3/c1-2-3-17-31-20-21-34-27-12-5-4-9-25(27)10-6-7-13-29(24-31)14-18-32(19-15-29)28(33)23-35-26-11-8-16-30-22-26/h4-5,8-9,11-12,16,22H,2-3,6-7,10,13-15,17-21,23-24H2,1H3. The van der Waals surface area contributed by atoms with E-state index in [9.17, 15) is 4.79 Å². The molecule has 1 amide bonds. The average molecular weight is 480 g/mol. The Morgan fingerprint density at radius 3 is 2.74 bits per heavy atom. The van der Waals surface area contributed by atoms with Crippen LogP contribution in [0.5, 0.6) is 11.5 Å². The van der Waals surface area contributed by atoms with Gasteiger partial charge in [-0.3, -0.25) is 14.7 Å². The van der Waals surface area contributed by atoms with Crippen LogP contribution in [0.1, 0.15) is 57.4 Å². The number of hydrogen-bond donors (Lipinski definition) is 0. The lowest BCUT2D eigenvalue weighted by molar-refractivity contribution is -0.136. The van der Waals surface area contributed by atoms with E-state index in [-0.39, 0.29) is 17.9 Å². The number of ether oxygens (including phenoxy) is 2. The number of hydrogen-bond acceptors (Lipinski definition) is 5. The van der Waals surface area contributed by atoms with Crippen molar-refractivity contribution in [1.29, 1.82) is 0 Å². The first-order valence-electron chi connectivity index (χ1n) is 13.4. The first-order valence-corrected chi connectivity index (χ1v) is 13.4. The predicted octanol–water partition coefficient (Wildman–Crippen LogP) is 4.98. The summed E-state index contributed by atoms with van der Waals surface area (Å²) >= 11 is 0. The van der Waals surface area contributed by atoms with E-state index in [1.54, 1.807) is 12.4 Å². The van der Waals surface area contributed by atoms with Crippen molar-refractivity contribution in [2.75, 3.05) is 45.9 Å². The van der Waals surface area contributed by atoms with Gasteiger partial charge in [-0.25, -0.2) is 0 Å². The highest BCUT2D eigenvalue weighted by Gasteiger charge is 2.37. The predicted molar refractivity (Wildman–Crippen MR) is 139 cm³/mol. The largest absolute Gasteiger partial charge is 0.492 e. The number of likely N-dealkylation sites (tertiary alicyclic amines) is 1. The Kier molecular flexibility index (Phi) is 9.41. The maximum absolute atomic E-state index is 12.8. The molecule has 6 heteroatoms. The molecule has 0 atom stereocenters. The second-order valence-corrected chi connectivity index (χ2v) is 10.2. The molecule has 1 aromatic carbocycles. The number of rotatable bonds is 6. The molecule has 0 saturated carbocycles. The second kappa shape index (κ2) is 12.9. The fourth-order valence-corrected chi connectivity index (χ4v) is 5.46. The highest BCUT2D eigenvalue weighted by atomic mass is 16.5. The number of piperidine rings is 1. The Balaban J connectivity index is 1.37. The van der Waals surface area contributed by atoms with E-state index in [1.807, 2.05) is 17.0 Å². The number of amides is 1. The minimum Gasteiger partial charge on any atom is -0.492 e. The van der Waals surface area contributed by atoms with Gasteiger partial charge in [0.25, 0.3) is 5.91 Å². The average Bonchev–Trinajstić information content (AvgIpc) is 2.89. The number of para-hydroxylation sites is 1. The number of aryl methyl sites for hydroxylation is 1. The summed E-state index contributed by atoms with van der Waals surface area (Å²) in [4.78, 5) is 21.5. The van der Waals surface area contributed by atoms with E-state index >= 15 is 0 Å².